The molecule has 0 spiro atoms. The van der Waals surface area contributed by atoms with Crippen molar-refractivity contribution < 1.29 is 8.42 Å². The first-order valence-corrected chi connectivity index (χ1v) is 9.06. The molecule has 24 heavy (non-hydrogen) atoms. The van der Waals surface area contributed by atoms with Crippen molar-refractivity contribution >= 4 is 10.0 Å². The maximum Gasteiger partial charge on any atom is 0.250 e. The lowest BCUT2D eigenvalue weighted by Gasteiger charge is -2.19. The van der Waals surface area contributed by atoms with Gasteiger partial charge in [0.25, 0.3) is 5.56 Å². The molecule has 7 heteroatoms. The van der Waals surface area contributed by atoms with Gasteiger partial charge in [-0.3, -0.25) is 4.79 Å². The molecule has 0 atom stereocenters. The topological polar surface area (TPSA) is 83.2 Å². The third-order valence-electron chi connectivity index (χ3n) is 3.78. The molecule has 0 aliphatic heterocycles. The molecule has 1 heterocycles. The minimum absolute atomic E-state index is 0.0697. The van der Waals surface area contributed by atoms with E-state index in [0.29, 0.717) is 24.2 Å². The number of nitrogens with zero attached hydrogens (tertiary/aromatic N) is 3. The number of hydrogen-bond donors (Lipinski definition) is 0. The standard InChI is InChI=1S/C17H19N3O3S/c1-3-20(4-2)24(22,23)16-9-10-17(21)19(13-16)12-15-8-6-5-7-14(15)11-18/h5-10,13H,3-4,12H2,1-2H3. The van der Waals surface area contributed by atoms with Gasteiger partial charge in [-0.05, 0) is 17.7 Å². The fourth-order valence-corrected chi connectivity index (χ4v) is 3.93. The van der Waals surface area contributed by atoms with Crippen molar-refractivity contribution in [1.29, 1.82) is 5.26 Å². The summed E-state index contributed by atoms with van der Waals surface area (Å²) in [4.78, 5) is 12.2. The van der Waals surface area contributed by atoms with Gasteiger partial charge in [0.1, 0.15) is 0 Å². The number of sulfonamides is 1. The van der Waals surface area contributed by atoms with Crippen molar-refractivity contribution in [2.45, 2.75) is 25.3 Å². The molecule has 126 valence electrons. The highest BCUT2D eigenvalue weighted by Gasteiger charge is 2.22. The Labute approximate surface area is 141 Å². The molecule has 0 N–H and O–H groups in total. The molecule has 2 rings (SSSR count). The van der Waals surface area contributed by atoms with Crippen LogP contribution in [0.15, 0.2) is 52.3 Å². The van der Waals surface area contributed by atoms with Gasteiger partial charge >= 0.3 is 0 Å². The van der Waals surface area contributed by atoms with Crippen molar-refractivity contribution in [3.05, 3.63) is 64.1 Å². The molecule has 1 aromatic carbocycles. The van der Waals surface area contributed by atoms with Gasteiger partial charge in [-0.25, -0.2) is 8.42 Å². The first-order chi connectivity index (χ1) is 11.4. The third-order valence-corrected chi connectivity index (χ3v) is 5.81. The predicted molar refractivity (Wildman–Crippen MR) is 91.1 cm³/mol. The molecule has 0 fully saturated rings. The van der Waals surface area contributed by atoms with Gasteiger partial charge in [0.2, 0.25) is 10.0 Å². The summed E-state index contributed by atoms with van der Waals surface area (Å²) in [5.41, 5.74) is 0.808. The number of pyridine rings is 1. The van der Waals surface area contributed by atoms with Gasteiger partial charge in [0.05, 0.1) is 23.1 Å². The second-order valence-corrected chi connectivity index (χ2v) is 7.13. The van der Waals surface area contributed by atoms with Crippen molar-refractivity contribution in [1.82, 2.24) is 8.87 Å². The van der Waals surface area contributed by atoms with E-state index in [1.807, 2.05) is 0 Å². The van der Waals surface area contributed by atoms with Gasteiger partial charge in [0, 0.05) is 25.4 Å². The lowest BCUT2D eigenvalue weighted by molar-refractivity contribution is 0.444. The maximum atomic E-state index is 12.6. The quantitative estimate of drug-likeness (QED) is 0.799. The fraction of sp³-hybridized carbons (Fsp3) is 0.294. The van der Waals surface area contributed by atoms with Crippen molar-refractivity contribution in [2.24, 2.45) is 0 Å². The number of rotatable bonds is 6. The van der Waals surface area contributed by atoms with Crippen LogP contribution in [0.3, 0.4) is 0 Å². The Morgan fingerprint density at radius 3 is 2.42 bits per heavy atom. The molecular weight excluding hydrogens is 326 g/mol. The van der Waals surface area contributed by atoms with Crippen LogP contribution in [0.1, 0.15) is 25.0 Å². The largest absolute Gasteiger partial charge is 0.310 e. The minimum Gasteiger partial charge on any atom is -0.310 e. The van der Waals surface area contributed by atoms with Crippen molar-refractivity contribution in [2.75, 3.05) is 13.1 Å². The second kappa shape index (κ2) is 7.43. The SMILES string of the molecule is CCN(CC)S(=O)(=O)c1ccc(=O)n(Cc2ccccc2C#N)c1. The number of nitriles is 1. The summed E-state index contributed by atoms with van der Waals surface area (Å²) in [6, 6.07) is 11.6. The summed E-state index contributed by atoms with van der Waals surface area (Å²) in [6.07, 6.45) is 1.34. The van der Waals surface area contributed by atoms with Crippen LogP contribution in [0.5, 0.6) is 0 Å². The molecule has 0 bridgehead atoms. The summed E-state index contributed by atoms with van der Waals surface area (Å²) in [6.45, 7) is 4.38. The highest BCUT2D eigenvalue weighted by Crippen LogP contribution is 2.15. The maximum absolute atomic E-state index is 12.6. The zero-order valence-corrected chi connectivity index (χ0v) is 14.5. The van der Waals surface area contributed by atoms with E-state index in [0.717, 1.165) is 0 Å². The smallest absolute Gasteiger partial charge is 0.250 e. The first-order valence-electron chi connectivity index (χ1n) is 7.62. The Morgan fingerprint density at radius 2 is 1.79 bits per heavy atom. The molecule has 0 radical (unpaired) electrons. The monoisotopic (exact) mass is 345 g/mol. The second-order valence-electron chi connectivity index (χ2n) is 5.19. The zero-order valence-electron chi connectivity index (χ0n) is 13.6. The van der Waals surface area contributed by atoms with Gasteiger partial charge in [-0.15, -0.1) is 0 Å². The molecule has 0 amide bonds. The van der Waals surface area contributed by atoms with E-state index in [1.54, 1.807) is 38.1 Å². The van der Waals surface area contributed by atoms with E-state index < -0.39 is 10.0 Å². The van der Waals surface area contributed by atoms with E-state index in [4.69, 9.17) is 5.26 Å². The lowest BCUT2D eigenvalue weighted by atomic mass is 10.1. The minimum atomic E-state index is -3.64. The summed E-state index contributed by atoms with van der Waals surface area (Å²) in [7, 11) is -3.64. The predicted octanol–water partition coefficient (Wildman–Crippen LogP) is 1.80. The van der Waals surface area contributed by atoms with Crippen LogP contribution >= 0.6 is 0 Å². The van der Waals surface area contributed by atoms with E-state index >= 15 is 0 Å². The molecule has 0 saturated heterocycles. The molecule has 0 aliphatic rings. The Hall–Kier alpha value is -2.43. The average Bonchev–Trinajstić information content (AvgIpc) is 2.58. The van der Waals surface area contributed by atoms with Crippen LogP contribution in [-0.4, -0.2) is 30.4 Å². The number of aromatic nitrogens is 1. The van der Waals surface area contributed by atoms with Crippen LogP contribution < -0.4 is 5.56 Å². The van der Waals surface area contributed by atoms with Gasteiger partial charge in [0.15, 0.2) is 0 Å². The number of benzene rings is 1. The normalized spacial score (nSPS) is 11.4. The van der Waals surface area contributed by atoms with Crippen molar-refractivity contribution in [3.63, 3.8) is 0 Å². The van der Waals surface area contributed by atoms with E-state index in [9.17, 15) is 13.2 Å². The van der Waals surface area contributed by atoms with E-state index in [2.05, 4.69) is 6.07 Å². The fourth-order valence-electron chi connectivity index (χ4n) is 2.45. The van der Waals surface area contributed by atoms with Gasteiger partial charge in [-0.2, -0.15) is 9.57 Å². The average molecular weight is 345 g/mol. The highest BCUT2D eigenvalue weighted by atomic mass is 32.2. The lowest BCUT2D eigenvalue weighted by Crippen LogP contribution is -2.32. The van der Waals surface area contributed by atoms with Crippen LogP contribution in [0, 0.1) is 11.3 Å². The highest BCUT2D eigenvalue weighted by molar-refractivity contribution is 7.89. The summed E-state index contributed by atoms with van der Waals surface area (Å²) in [5, 5.41) is 9.15. The van der Waals surface area contributed by atoms with Gasteiger partial charge in [-0.1, -0.05) is 32.0 Å². The Morgan fingerprint density at radius 1 is 1.12 bits per heavy atom. The zero-order chi connectivity index (χ0) is 17.7. The Bertz CT molecular complexity index is 923. The van der Waals surface area contributed by atoms with Gasteiger partial charge < -0.3 is 4.57 Å². The first kappa shape index (κ1) is 17.9. The molecule has 0 saturated carbocycles. The van der Waals surface area contributed by atoms with E-state index in [-0.39, 0.29) is 17.0 Å². The third kappa shape index (κ3) is 3.55. The summed E-state index contributed by atoms with van der Waals surface area (Å²) in [5.74, 6) is 0. The summed E-state index contributed by atoms with van der Waals surface area (Å²) >= 11 is 0. The molecule has 0 aliphatic carbocycles. The van der Waals surface area contributed by atoms with Crippen LogP contribution in [-0.2, 0) is 16.6 Å². The molecule has 0 unspecified atom stereocenters. The molecule has 6 nitrogen and oxygen atoms in total. The van der Waals surface area contributed by atoms with E-state index in [1.165, 1.54) is 27.2 Å². The van der Waals surface area contributed by atoms with Crippen molar-refractivity contribution in [3.8, 4) is 6.07 Å². The number of hydrogen-bond acceptors (Lipinski definition) is 4. The Balaban J connectivity index is 2.47. The summed E-state index contributed by atoms with van der Waals surface area (Å²) < 4.78 is 27.8. The molecular formula is C17H19N3O3S. The molecule has 1 aromatic heterocycles. The van der Waals surface area contributed by atoms with Crippen LogP contribution in [0.4, 0.5) is 0 Å². The van der Waals surface area contributed by atoms with Crippen LogP contribution in [0.2, 0.25) is 0 Å². The van der Waals surface area contributed by atoms with Crippen LogP contribution in [0.25, 0.3) is 0 Å². The Kier molecular flexibility index (Phi) is 5.54. The molecule has 2 aromatic rings.